The summed E-state index contributed by atoms with van der Waals surface area (Å²) in [5, 5.41) is 0. The Labute approximate surface area is 143 Å². The van der Waals surface area contributed by atoms with Crippen LogP contribution in [-0.2, 0) is 12.8 Å². The lowest BCUT2D eigenvalue weighted by atomic mass is 9.78. The van der Waals surface area contributed by atoms with Crippen molar-refractivity contribution in [2.24, 2.45) is 0 Å². The number of methoxy groups -OCH3 is 2. The van der Waals surface area contributed by atoms with Crippen LogP contribution in [0.3, 0.4) is 0 Å². The third-order valence-electron chi connectivity index (χ3n) is 6.02. The van der Waals surface area contributed by atoms with E-state index < -0.39 is 0 Å². The van der Waals surface area contributed by atoms with E-state index in [0.717, 1.165) is 17.9 Å². The molecule has 0 aliphatic heterocycles. The van der Waals surface area contributed by atoms with Gasteiger partial charge in [0.2, 0.25) is 0 Å². The molecule has 0 saturated heterocycles. The fourth-order valence-electron chi connectivity index (χ4n) is 5.03. The zero-order valence-electron chi connectivity index (χ0n) is 14.3. The Balaban J connectivity index is 1.80. The molecule has 0 fully saturated rings. The van der Waals surface area contributed by atoms with Crippen molar-refractivity contribution in [3.63, 3.8) is 0 Å². The van der Waals surface area contributed by atoms with Crippen LogP contribution in [0, 0.1) is 0 Å². The number of ether oxygens (including phenoxy) is 2. The normalized spacial score (nSPS) is 20.3. The number of hydrogen-bond acceptors (Lipinski definition) is 2. The molecule has 0 aromatic heterocycles. The standard InChI is InChI=1S/C22H22O2/c1-23-15-9-6-13-7-10-17-21(18(13)12-15)16-5-3-4-14-8-11-19(24-2)22(17)20(14)16/h6,8-9,11-12,17H,3-5,7,10H2,1-2H3. The van der Waals surface area contributed by atoms with Gasteiger partial charge < -0.3 is 9.47 Å². The van der Waals surface area contributed by atoms with Crippen LogP contribution >= 0.6 is 0 Å². The minimum atomic E-state index is 0.489. The summed E-state index contributed by atoms with van der Waals surface area (Å²) < 4.78 is 11.3. The number of aryl methyl sites for hydroxylation is 2. The maximum absolute atomic E-state index is 5.76. The van der Waals surface area contributed by atoms with Crippen molar-refractivity contribution < 1.29 is 9.47 Å². The van der Waals surface area contributed by atoms with Gasteiger partial charge in [0.15, 0.2) is 0 Å². The zero-order chi connectivity index (χ0) is 16.3. The van der Waals surface area contributed by atoms with E-state index in [1.165, 1.54) is 53.5 Å². The van der Waals surface area contributed by atoms with Gasteiger partial charge in [-0.2, -0.15) is 0 Å². The molecule has 2 aromatic rings. The SMILES string of the molecule is COc1ccc2c(c1)C1=C3CCCc4ccc(OC)c(c43)C1CC2. The molecule has 3 aliphatic carbocycles. The van der Waals surface area contributed by atoms with Gasteiger partial charge in [0.25, 0.3) is 0 Å². The average molecular weight is 318 g/mol. The highest BCUT2D eigenvalue weighted by Crippen LogP contribution is 2.58. The molecular formula is C22H22O2. The van der Waals surface area contributed by atoms with Crippen molar-refractivity contribution in [2.75, 3.05) is 14.2 Å². The molecule has 24 heavy (non-hydrogen) atoms. The van der Waals surface area contributed by atoms with Crippen LogP contribution < -0.4 is 9.47 Å². The monoisotopic (exact) mass is 318 g/mol. The first-order valence-electron chi connectivity index (χ1n) is 8.92. The highest BCUT2D eigenvalue weighted by Gasteiger charge is 2.39. The second kappa shape index (κ2) is 5.14. The minimum absolute atomic E-state index is 0.489. The molecule has 122 valence electrons. The van der Waals surface area contributed by atoms with Crippen molar-refractivity contribution in [3.05, 3.63) is 58.1 Å². The second-order valence-electron chi connectivity index (χ2n) is 7.08. The molecule has 0 bridgehead atoms. The molecule has 1 unspecified atom stereocenters. The van der Waals surface area contributed by atoms with Gasteiger partial charge in [-0.3, -0.25) is 0 Å². The third kappa shape index (κ3) is 1.77. The summed E-state index contributed by atoms with van der Waals surface area (Å²) in [6.07, 6.45) is 5.96. The van der Waals surface area contributed by atoms with Gasteiger partial charge in [0.1, 0.15) is 11.5 Å². The van der Waals surface area contributed by atoms with Crippen LogP contribution in [0.5, 0.6) is 11.5 Å². The Morgan fingerprint density at radius 3 is 2.62 bits per heavy atom. The first-order valence-corrected chi connectivity index (χ1v) is 8.92. The molecule has 0 N–H and O–H groups in total. The van der Waals surface area contributed by atoms with E-state index >= 15 is 0 Å². The molecule has 2 aromatic carbocycles. The molecule has 0 saturated carbocycles. The molecule has 0 amide bonds. The fourth-order valence-corrected chi connectivity index (χ4v) is 5.03. The molecule has 0 spiro atoms. The quantitative estimate of drug-likeness (QED) is 0.776. The molecule has 0 heterocycles. The first-order chi connectivity index (χ1) is 11.8. The Hall–Kier alpha value is -2.22. The molecule has 3 aliphatic rings. The topological polar surface area (TPSA) is 18.5 Å². The molecule has 2 heteroatoms. The number of rotatable bonds is 2. The Kier molecular flexibility index (Phi) is 3.03. The van der Waals surface area contributed by atoms with Crippen molar-refractivity contribution in [1.82, 2.24) is 0 Å². The molecular weight excluding hydrogens is 296 g/mol. The summed E-state index contributed by atoms with van der Waals surface area (Å²) in [5.74, 6) is 2.52. The van der Waals surface area contributed by atoms with E-state index in [9.17, 15) is 0 Å². The second-order valence-corrected chi connectivity index (χ2v) is 7.08. The Bertz CT molecular complexity index is 876. The zero-order valence-corrected chi connectivity index (χ0v) is 14.3. The predicted molar refractivity (Wildman–Crippen MR) is 96.8 cm³/mol. The summed E-state index contributed by atoms with van der Waals surface area (Å²) in [5.41, 5.74) is 10.5. The van der Waals surface area contributed by atoms with E-state index in [1.54, 1.807) is 25.4 Å². The predicted octanol–water partition coefficient (Wildman–Crippen LogP) is 4.99. The van der Waals surface area contributed by atoms with E-state index in [4.69, 9.17) is 9.47 Å². The van der Waals surface area contributed by atoms with E-state index in [1.807, 2.05) is 0 Å². The average Bonchev–Trinajstić information content (AvgIpc) is 2.99. The van der Waals surface area contributed by atoms with Gasteiger partial charge in [-0.1, -0.05) is 12.1 Å². The van der Waals surface area contributed by atoms with E-state index in [2.05, 4.69) is 30.3 Å². The number of allylic oxidation sites excluding steroid dienone is 2. The summed E-state index contributed by atoms with van der Waals surface area (Å²) in [7, 11) is 3.56. The van der Waals surface area contributed by atoms with Gasteiger partial charge in [-0.05, 0) is 83.7 Å². The van der Waals surface area contributed by atoms with Crippen molar-refractivity contribution in [3.8, 4) is 11.5 Å². The van der Waals surface area contributed by atoms with Crippen LogP contribution in [0.1, 0.15) is 53.0 Å². The van der Waals surface area contributed by atoms with Gasteiger partial charge in [-0.15, -0.1) is 0 Å². The lowest BCUT2D eigenvalue weighted by Gasteiger charge is -2.27. The third-order valence-corrected chi connectivity index (χ3v) is 6.02. The van der Waals surface area contributed by atoms with Crippen LogP contribution in [0.4, 0.5) is 0 Å². The Morgan fingerprint density at radius 1 is 0.917 bits per heavy atom. The van der Waals surface area contributed by atoms with Gasteiger partial charge in [-0.25, -0.2) is 0 Å². The van der Waals surface area contributed by atoms with Crippen LogP contribution in [-0.4, -0.2) is 14.2 Å². The van der Waals surface area contributed by atoms with Crippen LogP contribution in [0.25, 0.3) is 11.1 Å². The lowest BCUT2D eigenvalue weighted by Crippen LogP contribution is -2.10. The van der Waals surface area contributed by atoms with E-state index in [0.29, 0.717) is 5.92 Å². The van der Waals surface area contributed by atoms with Gasteiger partial charge in [0, 0.05) is 11.5 Å². The highest BCUT2D eigenvalue weighted by atomic mass is 16.5. The minimum Gasteiger partial charge on any atom is -0.497 e. The summed E-state index contributed by atoms with van der Waals surface area (Å²) in [4.78, 5) is 0. The fraction of sp³-hybridized carbons (Fsp3) is 0.364. The van der Waals surface area contributed by atoms with Crippen molar-refractivity contribution >= 4 is 11.1 Å². The summed E-state index contributed by atoms with van der Waals surface area (Å²) in [6.45, 7) is 0. The summed E-state index contributed by atoms with van der Waals surface area (Å²) >= 11 is 0. The molecule has 2 nitrogen and oxygen atoms in total. The number of fused-ring (bicyclic) bond motifs is 4. The van der Waals surface area contributed by atoms with E-state index in [-0.39, 0.29) is 0 Å². The number of benzene rings is 2. The molecule has 5 rings (SSSR count). The Morgan fingerprint density at radius 2 is 1.79 bits per heavy atom. The van der Waals surface area contributed by atoms with Crippen molar-refractivity contribution in [2.45, 2.75) is 38.0 Å². The van der Waals surface area contributed by atoms with Gasteiger partial charge >= 0.3 is 0 Å². The van der Waals surface area contributed by atoms with Crippen molar-refractivity contribution in [1.29, 1.82) is 0 Å². The van der Waals surface area contributed by atoms with Gasteiger partial charge in [0.05, 0.1) is 14.2 Å². The maximum Gasteiger partial charge on any atom is 0.123 e. The van der Waals surface area contributed by atoms with Crippen LogP contribution in [0.2, 0.25) is 0 Å². The largest absolute Gasteiger partial charge is 0.497 e. The first kappa shape index (κ1) is 14.2. The lowest BCUT2D eigenvalue weighted by molar-refractivity contribution is 0.407. The highest BCUT2D eigenvalue weighted by molar-refractivity contribution is 6.03. The molecule has 1 atom stereocenters. The maximum atomic E-state index is 5.76. The molecule has 0 radical (unpaired) electrons. The van der Waals surface area contributed by atoms with Crippen LogP contribution in [0.15, 0.2) is 30.3 Å². The number of hydrogen-bond donors (Lipinski definition) is 0. The smallest absolute Gasteiger partial charge is 0.123 e. The summed E-state index contributed by atoms with van der Waals surface area (Å²) in [6, 6.07) is 11.1.